The fourth-order valence-corrected chi connectivity index (χ4v) is 7.86. The lowest BCUT2D eigenvalue weighted by atomic mass is 9.90. The van der Waals surface area contributed by atoms with E-state index in [0.29, 0.717) is 79.5 Å². The van der Waals surface area contributed by atoms with Gasteiger partial charge >= 0.3 is 5.97 Å². The molecule has 3 fully saturated rings. The summed E-state index contributed by atoms with van der Waals surface area (Å²) in [4.78, 5) is 59.4. The Bertz CT molecular complexity index is 1830. The zero-order chi connectivity index (χ0) is 36.4. The Balaban J connectivity index is 1.02. The number of carboxylic acid groups (broad SMARTS) is 1. The first-order chi connectivity index (χ1) is 24.4. The molecule has 2 aromatic carbocycles. The SMILES string of the molecule is COc1ccc(-c2cnc(C(=O)Nc3ccc(C(=O)N4CCN(C(=O)C5CC[N+](CC(=O)O)(CC6CNC6)CC5)CC4)c(Cl)c3)n2C)c(Cl)c1F. The van der Waals surface area contributed by atoms with Crippen molar-refractivity contribution >= 4 is 52.6 Å². The smallest absolute Gasteiger partial charge is 0.359 e. The first-order valence-corrected chi connectivity index (χ1v) is 17.7. The van der Waals surface area contributed by atoms with Gasteiger partial charge in [0, 0.05) is 82.2 Å². The van der Waals surface area contributed by atoms with Crippen molar-refractivity contribution in [3.63, 3.8) is 0 Å². The number of hydrogen-bond donors (Lipinski definition) is 3. The van der Waals surface area contributed by atoms with E-state index in [9.17, 15) is 28.7 Å². The number of likely N-dealkylation sites (tertiary alicyclic amines) is 1. The van der Waals surface area contributed by atoms with Crippen LogP contribution < -0.4 is 15.4 Å². The number of carbonyl (C=O) groups excluding carboxylic acids is 3. The molecular weight excluding hydrogens is 704 g/mol. The molecule has 16 heteroatoms. The number of anilines is 1. The molecule has 3 saturated heterocycles. The largest absolute Gasteiger partial charge is 0.494 e. The zero-order valence-corrected chi connectivity index (χ0v) is 30.0. The Kier molecular flexibility index (Phi) is 10.9. The number of halogens is 3. The van der Waals surface area contributed by atoms with Gasteiger partial charge in [-0.3, -0.25) is 14.4 Å². The lowest BCUT2D eigenvalue weighted by molar-refractivity contribution is -0.929. The van der Waals surface area contributed by atoms with Gasteiger partial charge in [-0.25, -0.2) is 14.2 Å². The number of amides is 3. The van der Waals surface area contributed by atoms with Crippen molar-refractivity contribution in [2.45, 2.75) is 12.8 Å². The average molecular weight is 746 g/mol. The lowest BCUT2D eigenvalue weighted by Gasteiger charge is -2.46. The molecule has 3 aromatic rings. The van der Waals surface area contributed by atoms with Gasteiger partial charge in [0.1, 0.15) is 0 Å². The molecule has 0 aliphatic carbocycles. The number of aromatic nitrogens is 2. The molecule has 0 radical (unpaired) electrons. The summed E-state index contributed by atoms with van der Waals surface area (Å²) in [6, 6.07) is 7.62. The predicted octanol–water partition coefficient (Wildman–Crippen LogP) is 3.61. The highest BCUT2D eigenvalue weighted by Crippen LogP contribution is 2.35. The second-order valence-corrected chi connectivity index (χ2v) is 14.3. The van der Waals surface area contributed by atoms with Gasteiger partial charge in [0.2, 0.25) is 5.91 Å². The third-order valence-corrected chi connectivity index (χ3v) is 11.0. The average Bonchev–Trinajstić information content (AvgIpc) is 3.48. The summed E-state index contributed by atoms with van der Waals surface area (Å²) in [6.07, 6.45) is 2.73. The van der Waals surface area contributed by atoms with Crippen molar-refractivity contribution in [2.75, 3.05) is 77.9 Å². The number of imidazole rings is 1. The molecule has 0 spiro atoms. The minimum absolute atomic E-state index is 0.00484. The number of methoxy groups -OCH3 is 1. The van der Waals surface area contributed by atoms with E-state index in [1.54, 1.807) is 30.1 Å². The molecule has 272 valence electrons. The molecule has 0 saturated carbocycles. The number of carboxylic acids is 1. The normalized spacial score (nSPS) is 20.8. The van der Waals surface area contributed by atoms with Crippen LogP contribution in [-0.2, 0) is 16.6 Å². The van der Waals surface area contributed by atoms with Gasteiger partial charge in [0.05, 0.1) is 54.2 Å². The quantitative estimate of drug-likeness (QED) is 0.267. The molecule has 0 atom stereocenters. The number of quaternary nitrogens is 1. The van der Waals surface area contributed by atoms with Crippen LogP contribution in [-0.4, -0.2) is 125 Å². The second kappa shape index (κ2) is 15.2. The number of rotatable bonds is 10. The van der Waals surface area contributed by atoms with Crippen LogP contribution >= 0.6 is 23.2 Å². The van der Waals surface area contributed by atoms with Gasteiger partial charge in [-0.1, -0.05) is 23.2 Å². The van der Waals surface area contributed by atoms with Crippen LogP contribution in [0.2, 0.25) is 10.0 Å². The molecule has 3 N–H and O–H groups in total. The number of carbonyl (C=O) groups is 4. The fraction of sp³-hybridized carbons (Fsp3) is 0.457. The van der Waals surface area contributed by atoms with E-state index in [1.165, 1.54) is 30.0 Å². The van der Waals surface area contributed by atoms with Crippen molar-refractivity contribution in [3.8, 4) is 17.0 Å². The van der Waals surface area contributed by atoms with Gasteiger partial charge in [0.15, 0.2) is 23.9 Å². The standard InChI is InChI=1S/C35H40Cl2FN7O6/c1-42-27(25-5-6-28(51-2)31(38)30(25)37)18-40-32(42)33(48)41-23-3-4-24(26(36)15-23)35(50)44-11-9-43(10-12-44)34(49)22-7-13-45(14-8-22,20-29(46)47)19-21-16-39-17-21/h3-6,15,18,21-22,39H,7-14,16-17,19-20H2,1-2H3,(H-,41,46,47,48,50)/p+1. The van der Waals surface area contributed by atoms with Crippen LogP contribution in [0.3, 0.4) is 0 Å². The monoisotopic (exact) mass is 744 g/mol. The van der Waals surface area contributed by atoms with Crippen LogP contribution in [0, 0.1) is 17.7 Å². The van der Waals surface area contributed by atoms with E-state index >= 15 is 0 Å². The van der Waals surface area contributed by atoms with Crippen LogP contribution in [0.4, 0.5) is 10.1 Å². The van der Waals surface area contributed by atoms with E-state index in [1.807, 2.05) is 4.90 Å². The number of nitrogens with one attached hydrogen (secondary N) is 2. The van der Waals surface area contributed by atoms with E-state index in [-0.39, 0.29) is 51.5 Å². The number of ether oxygens (including phenoxy) is 1. The summed E-state index contributed by atoms with van der Waals surface area (Å²) in [5.74, 6) is -1.92. The highest BCUT2D eigenvalue weighted by molar-refractivity contribution is 6.34. The summed E-state index contributed by atoms with van der Waals surface area (Å²) in [7, 11) is 2.94. The van der Waals surface area contributed by atoms with Crippen molar-refractivity contribution in [2.24, 2.45) is 18.9 Å². The Hall–Kier alpha value is -4.24. The van der Waals surface area contributed by atoms with Crippen LogP contribution in [0.15, 0.2) is 36.5 Å². The predicted molar refractivity (Wildman–Crippen MR) is 189 cm³/mol. The van der Waals surface area contributed by atoms with Crippen LogP contribution in [0.25, 0.3) is 11.3 Å². The summed E-state index contributed by atoms with van der Waals surface area (Å²) < 4.78 is 21.5. The van der Waals surface area contributed by atoms with Crippen LogP contribution in [0.5, 0.6) is 5.75 Å². The van der Waals surface area contributed by atoms with Gasteiger partial charge in [0.25, 0.3) is 11.8 Å². The maximum absolute atomic E-state index is 14.6. The first kappa shape index (κ1) is 36.5. The molecule has 3 amide bonds. The lowest BCUT2D eigenvalue weighted by Crippen LogP contribution is -2.62. The number of hydrogen-bond acceptors (Lipinski definition) is 7. The molecule has 0 bridgehead atoms. The Morgan fingerprint density at radius 3 is 2.35 bits per heavy atom. The minimum atomic E-state index is -0.803. The maximum atomic E-state index is 14.6. The van der Waals surface area contributed by atoms with Crippen molar-refractivity contribution in [1.29, 1.82) is 0 Å². The second-order valence-electron chi connectivity index (χ2n) is 13.6. The zero-order valence-electron chi connectivity index (χ0n) is 28.5. The molecule has 3 aliphatic rings. The number of piperazine rings is 1. The van der Waals surface area contributed by atoms with E-state index in [2.05, 4.69) is 15.6 Å². The molecule has 3 aliphatic heterocycles. The molecule has 13 nitrogen and oxygen atoms in total. The first-order valence-electron chi connectivity index (χ1n) is 16.9. The summed E-state index contributed by atoms with van der Waals surface area (Å²) in [6.45, 7) is 5.59. The third-order valence-electron chi connectivity index (χ3n) is 10.3. The van der Waals surface area contributed by atoms with Crippen LogP contribution in [0.1, 0.15) is 33.8 Å². The fourth-order valence-electron chi connectivity index (χ4n) is 7.35. The van der Waals surface area contributed by atoms with Gasteiger partial charge in [-0.15, -0.1) is 0 Å². The van der Waals surface area contributed by atoms with E-state index < -0.39 is 17.7 Å². The Morgan fingerprint density at radius 2 is 1.75 bits per heavy atom. The number of piperidine rings is 1. The molecular formula is C35H41Cl2FN7O6+. The molecule has 4 heterocycles. The van der Waals surface area contributed by atoms with E-state index in [0.717, 1.165) is 19.6 Å². The van der Waals surface area contributed by atoms with Crippen molar-refractivity contribution < 1.29 is 37.9 Å². The summed E-state index contributed by atoms with van der Waals surface area (Å²) in [5.41, 5.74) is 1.37. The topological polar surface area (TPSA) is 146 Å². The molecule has 6 rings (SSSR count). The number of aliphatic carboxylic acids is 1. The maximum Gasteiger partial charge on any atom is 0.359 e. The Labute approximate surface area is 304 Å². The summed E-state index contributed by atoms with van der Waals surface area (Å²) in [5, 5.41) is 15.5. The van der Waals surface area contributed by atoms with Gasteiger partial charge in [-0.05, 0) is 30.3 Å². The van der Waals surface area contributed by atoms with Crippen molar-refractivity contribution in [3.05, 3.63) is 63.8 Å². The molecule has 1 aromatic heterocycles. The van der Waals surface area contributed by atoms with Crippen molar-refractivity contribution in [1.82, 2.24) is 24.7 Å². The minimum Gasteiger partial charge on any atom is -0.494 e. The van der Waals surface area contributed by atoms with Gasteiger partial charge < -0.3 is 39.3 Å². The highest BCUT2D eigenvalue weighted by Gasteiger charge is 2.42. The number of benzene rings is 2. The summed E-state index contributed by atoms with van der Waals surface area (Å²) >= 11 is 12.8. The number of nitrogens with zero attached hydrogens (tertiary/aromatic N) is 5. The van der Waals surface area contributed by atoms with E-state index in [4.69, 9.17) is 27.9 Å². The van der Waals surface area contributed by atoms with Gasteiger partial charge in [-0.2, -0.15) is 0 Å². The third kappa shape index (κ3) is 7.69. The Morgan fingerprint density at radius 1 is 1.06 bits per heavy atom. The molecule has 0 unspecified atom stereocenters. The highest BCUT2D eigenvalue weighted by atomic mass is 35.5. The molecule has 51 heavy (non-hydrogen) atoms.